The molecule has 1 aromatic rings. The molecule has 0 aliphatic heterocycles. The quantitative estimate of drug-likeness (QED) is 0.582. The summed E-state index contributed by atoms with van der Waals surface area (Å²) in [5, 5.41) is 0.707. The molecule has 1 rings (SSSR count). The van der Waals surface area contributed by atoms with Crippen LogP contribution in [0, 0.1) is 0 Å². The number of benzene rings is 1. The average Bonchev–Trinajstić information content (AvgIpc) is 2.42. The standard InChI is InChI=1S/C14H17Cl2NO3S/c1-4-20-13(18)8-17(3)14(19)9(2)21-12-7-10(15)5-6-11(12)16/h5-7,9H,4,8H2,1-3H3. The largest absolute Gasteiger partial charge is 0.465 e. The molecule has 1 aromatic carbocycles. The average molecular weight is 350 g/mol. The van der Waals surface area contributed by atoms with Crippen molar-refractivity contribution < 1.29 is 14.3 Å². The molecule has 0 spiro atoms. The van der Waals surface area contributed by atoms with E-state index in [1.54, 1.807) is 39.1 Å². The minimum Gasteiger partial charge on any atom is -0.465 e. The van der Waals surface area contributed by atoms with Crippen LogP contribution in [0.25, 0.3) is 0 Å². The minimum absolute atomic E-state index is 0.0686. The van der Waals surface area contributed by atoms with Gasteiger partial charge in [-0.3, -0.25) is 9.59 Å². The molecule has 1 amide bonds. The number of thioether (sulfide) groups is 1. The summed E-state index contributed by atoms with van der Waals surface area (Å²) in [5.74, 6) is -0.601. The van der Waals surface area contributed by atoms with Crippen molar-refractivity contribution in [2.75, 3.05) is 20.2 Å². The molecule has 21 heavy (non-hydrogen) atoms. The molecule has 0 aromatic heterocycles. The highest BCUT2D eigenvalue weighted by atomic mass is 35.5. The Bertz CT molecular complexity index is 525. The third kappa shape index (κ3) is 5.77. The van der Waals surface area contributed by atoms with E-state index in [2.05, 4.69) is 0 Å². The van der Waals surface area contributed by atoms with Crippen LogP contribution in [0.1, 0.15) is 13.8 Å². The van der Waals surface area contributed by atoms with Crippen molar-refractivity contribution in [3.8, 4) is 0 Å². The van der Waals surface area contributed by atoms with Gasteiger partial charge < -0.3 is 9.64 Å². The van der Waals surface area contributed by atoms with Crippen molar-refractivity contribution in [3.63, 3.8) is 0 Å². The SMILES string of the molecule is CCOC(=O)CN(C)C(=O)C(C)Sc1cc(Cl)ccc1Cl. The van der Waals surface area contributed by atoms with E-state index in [1.807, 2.05) is 0 Å². The zero-order valence-corrected chi connectivity index (χ0v) is 14.4. The molecular formula is C14H17Cl2NO3S. The number of likely N-dealkylation sites (N-methyl/N-ethyl adjacent to an activating group) is 1. The molecule has 0 saturated carbocycles. The lowest BCUT2D eigenvalue weighted by Crippen LogP contribution is -2.37. The van der Waals surface area contributed by atoms with Crippen LogP contribution in [0.15, 0.2) is 23.1 Å². The van der Waals surface area contributed by atoms with Crippen LogP contribution in [-0.2, 0) is 14.3 Å². The fourth-order valence-electron chi connectivity index (χ4n) is 1.60. The number of rotatable bonds is 6. The van der Waals surface area contributed by atoms with Crippen LogP contribution in [0.2, 0.25) is 10.0 Å². The summed E-state index contributed by atoms with van der Waals surface area (Å²) >= 11 is 13.3. The molecule has 0 aliphatic rings. The number of nitrogens with zero attached hydrogens (tertiary/aromatic N) is 1. The number of carbonyl (C=O) groups is 2. The second kappa shape index (κ2) is 8.51. The summed E-state index contributed by atoms with van der Waals surface area (Å²) in [7, 11) is 1.57. The second-order valence-electron chi connectivity index (χ2n) is 4.33. The maximum atomic E-state index is 12.2. The molecule has 0 aliphatic carbocycles. The summed E-state index contributed by atoms with van der Waals surface area (Å²) in [4.78, 5) is 25.7. The highest BCUT2D eigenvalue weighted by Gasteiger charge is 2.21. The van der Waals surface area contributed by atoms with Crippen LogP contribution in [0.3, 0.4) is 0 Å². The molecule has 0 N–H and O–H groups in total. The van der Waals surface area contributed by atoms with Gasteiger partial charge in [0.1, 0.15) is 6.54 Å². The zero-order valence-electron chi connectivity index (χ0n) is 12.1. The van der Waals surface area contributed by atoms with E-state index in [1.165, 1.54) is 16.7 Å². The lowest BCUT2D eigenvalue weighted by molar-refractivity contribution is -0.147. The Hall–Kier alpha value is -0.910. The second-order valence-corrected chi connectivity index (χ2v) is 6.56. The van der Waals surface area contributed by atoms with Crippen LogP contribution < -0.4 is 0 Å². The summed E-state index contributed by atoms with van der Waals surface area (Å²) < 4.78 is 4.82. The predicted molar refractivity (Wildman–Crippen MR) is 86.1 cm³/mol. The lowest BCUT2D eigenvalue weighted by atomic mass is 10.4. The van der Waals surface area contributed by atoms with Crippen LogP contribution in [0.4, 0.5) is 0 Å². The van der Waals surface area contributed by atoms with Gasteiger partial charge in [-0.1, -0.05) is 23.2 Å². The lowest BCUT2D eigenvalue weighted by Gasteiger charge is -2.20. The van der Waals surface area contributed by atoms with E-state index in [0.717, 1.165) is 4.90 Å². The fourth-order valence-corrected chi connectivity index (χ4v) is 3.12. The number of esters is 1. The van der Waals surface area contributed by atoms with Crippen molar-refractivity contribution in [1.29, 1.82) is 0 Å². The van der Waals surface area contributed by atoms with Gasteiger partial charge >= 0.3 is 5.97 Å². The Labute approximate surface area is 138 Å². The third-order valence-electron chi connectivity index (χ3n) is 2.59. The van der Waals surface area contributed by atoms with Crippen LogP contribution >= 0.6 is 35.0 Å². The van der Waals surface area contributed by atoms with Gasteiger partial charge in [0.25, 0.3) is 0 Å². The summed E-state index contributed by atoms with van der Waals surface area (Å²) in [6, 6.07) is 5.09. The number of hydrogen-bond donors (Lipinski definition) is 0. The van der Waals surface area contributed by atoms with Crippen molar-refractivity contribution in [2.45, 2.75) is 24.0 Å². The summed E-state index contributed by atoms with van der Waals surface area (Å²) in [6.45, 7) is 3.70. The van der Waals surface area contributed by atoms with Crippen molar-refractivity contribution >= 4 is 46.8 Å². The number of hydrogen-bond acceptors (Lipinski definition) is 4. The number of amides is 1. The molecule has 1 atom stereocenters. The van der Waals surface area contributed by atoms with E-state index in [0.29, 0.717) is 16.7 Å². The molecule has 0 fully saturated rings. The van der Waals surface area contributed by atoms with Gasteiger partial charge in [-0.15, -0.1) is 11.8 Å². The first-order valence-corrected chi connectivity index (χ1v) is 8.01. The minimum atomic E-state index is -0.425. The summed E-state index contributed by atoms with van der Waals surface area (Å²) in [5.41, 5.74) is 0. The predicted octanol–water partition coefficient (Wildman–Crippen LogP) is 3.50. The normalized spacial score (nSPS) is 11.9. The van der Waals surface area contributed by atoms with E-state index in [9.17, 15) is 9.59 Å². The molecule has 7 heteroatoms. The zero-order chi connectivity index (χ0) is 16.0. The number of ether oxygens (including phenoxy) is 1. The first kappa shape index (κ1) is 18.1. The Morgan fingerprint density at radius 2 is 2.05 bits per heavy atom. The molecule has 0 saturated heterocycles. The molecule has 1 unspecified atom stereocenters. The molecule has 0 heterocycles. The highest BCUT2D eigenvalue weighted by Crippen LogP contribution is 2.33. The number of halogens is 2. The van der Waals surface area contributed by atoms with Crippen molar-refractivity contribution in [1.82, 2.24) is 4.90 Å². The van der Waals surface area contributed by atoms with Crippen molar-refractivity contribution in [3.05, 3.63) is 28.2 Å². The van der Waals surface area contributed by atoms with Gasteiger partial charge in [-0.25, -0.2) is 0 Å². The summed E-state index contributed by atoms with van der Waals surface area (Å²) in [6.07, 6.45) is 0. The third-order valence-corrected chi connectivity index (χ3v) is 4.42. The first-order valence-electron chi connectivity index (χ1n) is 6.37. The Morgan fingerprint density at radius 1 is 1.38 bits per heavy atom. The van der Waals surface area contributed by atoms with Crippen LogP contribution in [-0.4, -0.2) is 42.2 Å². The Balaban J connectivity index is 2.65. The highest BCUT2D eigenvalue weighted by molar-refractivity contribution is 8.00. The number of carbonyl (C=O) groups excluding carboxylic acids is 2. The van der Waals surface area contributed by atoms with E-state index in [-0.39, 0.29) is 17.7 Å². The van der Waals surface area contributed by atoms with E-state index >= 15 is 0 Å². The van der Waals surface area contributed by atoms with Crippen molar-refractivity contribution in [2.24, 2.45) is 0 Å². The van der Waals surface area contributed by atoms with Gasteiger partial charge in [0.2, 0.25) is 5.91 Å². The maximum Gasteiger partial charge on any atom is 0.325 e. The monoisotopic (exact) mass is 349 g/mol. The van der Waals surface area contributed by atoms with Gasteiger partial charge in [-0.05, 0) is 32.0 Å². The Kier molecular flexibility index (Phi) is 7.35. The molecule has 4 nitrogen and oxygen atoms in total. The van der Waals surface area contributed by atoms with Gasteiger partial charge in [0.15, 0.2) is 0 Å². The smallest absolute Gasteiger partial charge is 0.325 e. The van der Waals surface area contributed by atoms with Gasteiger partial charge in [0, 0.05) is 17.0 Å². The van der Waals surface area contributed by atoms with Gasteiger partial charge in [0.05, 0.1) is 16.9 Å². The molecule has 0 radical (unpaired) electrons. The molecule has 116 valence electrons. The fraction of sp³-hybridized carbons (Fsp3) is 0.429. The molecular weight excluding hydrogens is 333 g/mol. The van der Waals surface area contributed by atoms with E-state index < -0.39 is 5.97 Å². The molecule has 0 bridgehead atoms. The van der Waals surface area contributed by atoms with Crippen LogP contribution in [0.5, 0.6) is 0 Å². The van der Waals surface area contributed by atoms with Gasteiger partial charge in [-0.2, -0.15) is 0 Å². The Morgan fingerprint density at radius 3 is 2.67 bits per heavy atom. The van der Waals surface area contributed by atoms with E-state index in [4.69, 9.17) is 27.9 Å². The first-order chi connectivity index (χ1) is 9.85. The maximum absolute atomic E-state index is 12.2. The topological polar surface area (TPSA) is 46.6 Å².